The van der Waals surface area contributed by atoms with Gasteiger partial charge in [-0.2, -0.15) is 0 Å². The molecule has 0 radical (unpaired) electrons. The van der Waals surface area contributed by atoms with E-state index in [1.165, 1.54) is 0 Å². The van der Waals surface area contributed by atoms with Crippen LogP contribution < -0.4 is 6.15 Å². The van der Waals surface area contributed by atoms with Crippen LogP contribution in [0.4, 0.5) is 0 Å². The van der Waals surface area contributed by atoms with Crippen molar-refractivity contribution in [1.82, 2.24) is 6.15 Å². The van der Waals surface area contributed by atoms with Crippen LogP contribution in [0.15, 0.2) is 0 Å². The topological polar surface area (TPSA) is 685 Å². The molecule has 0 spiro atoms. The van der Waals surface area contributed by atoms with Gasteiger partial charge in [0.1, 0.15) is 0 Å². The molecule has 40 heteroatoms. The molecular weight excluding hydrogens is 1200 g/mol. The van der Waals surface area contributed by atoms with Crippen LogP contribution in [0.2, 0.25) is 0 Å². The maximum atomic E-state index is 8.85. The molecule has 0 aliphatic carbocycles. The number of hydrogen-bond acceptors (Lipinski definition) is 14. The molecular formula is H26Mo7NO32+. The molecule has 0 aromatic rings. The van der Waals surface area contributed by atoms with Crippen molar-refractivity contribution in [2.45, 2.75) is 0 Å². The van der Waals surface area contributed by atoms with Gasteiger partial charge in [0.05, 0.1) is 0 Å². The summed E-state index contributed by atoms with van der Waals surface area (Å²) in [5.74, 6) is 0. The Morgan fingerprint density at radius 3 is 0.200 bits per heavy atom. The van der Waals surface area contributed by atoms with Crippen molar-refractivity contribution in [1.29, 1.82) is 0 Å². The third-order valence-corrected chi connectivity index (χ3v) is 0. The van der Waals surface area contributed by atoms with Crippen LogP contribution in [0, 0.1) is 0 Å². The molecule has 26 N–H and O–H groups in total. The van der Waals surface area contributed by atoms with Gasteiger partial charge in [-0.05, 0) is 0 Å². The first kappa shape index (κ1) is 78.1. The molecule has 0 bridgehead atoms. The van der Waals surface area contributed by atoms with E-state index >= 15 is 0 Å². The van der Waals surface area contributed by atoms with Crippen LogP contribution >= 0.6 is 0 Å². The van der Waals surface area contributed by atoms with Crippen molar-refractivity contribution in [3.8, 4) is 0 Å². The van der Waals surface area contributed by atoms with Crippen molar-refractivity contribution in [3.63, 3.8) is 0 Å². The summed E-state index contributed by atoms with van der Waals surface area (Å²) >= 11 is -38.6. The fourth-order valence-corrected chi connectivity index (χ4v) is 0. The van der Waals surface area contributed by atoms with Crippen molar-refractivity contribution in [3.05, 3.63) is 0 Å². The third-order valence-electron chi connectivity index (χ3n) is 0. The monoisotopic (exact) mass is 1240 g/mol. The predicted octanol–water partition coefficient (Wildman–Crippen LogP) is -12.4. The van der Waals surface area contributed by atoms with Gasteiger partial charge in [0.2, 0.25) is 0 Å². The normalized spacial score (nSPS) is 10.2. The van der Waals surface area contributed by atoms with Crippen LogP contribution in [0.3, 0.4) is 0 Å². The zero-order valence-electron chi connectivity index (χ0n) is 17.8. The Labute approximate surface area is 242 Å². The first-order chi connectivity index (χ1) is 14.0. The Kier molecular flexibility index (Phi) is 64.8. The molecule has 0 saturated carbocycles. The average Bonchev–Trinajstić information content (AvgIpc) is 2.06. The molecule has 264 valence electrons. The fraction of sp³-hybridized carbons (Fsp3) is 0. The van der Waals surface area contributed by atoms with Gasteiger partial charge in [-0.1, -0.05) is 0 Å². The van der Waals surface area contributed by atoms with Crippen LogP contribution in [0.1, 0.15) is 0 Å². The summed E-state index contributed by atoms with van der Waals surface area (Å²) in [6.07, 6.45) is 0. The van der Waals surface area contributed by atoms with E-state index in [1.807, 2.05) is 0 Å². The Bertz CT molecular complexity index is 910. The quantitative estimate of drug-likeness (QED) is 0.100. The van der Waals surface area contributed by atoms with E-state index in [0.29, 0.717) is 0 Å². The summed E-state index contributed by atoms with van der Waals surface area (Å²) in [7, 11) is 0. The van der Waals surface area contributed by atoms with Crippen LogP contribution in [0.5, 0.6) is 0 Å². The summed E-state index contributed by atoms with van der Waals surface area (Å²) in [5.41, 5.74) is 0. The molecule has 0 aromatic carbocycles. The summed E-state index contributed by atoms with van der Waals surface area (Å²) in [4.78, 5) is 0. The molecule has 0 atom stereocenters. The van der Waals surface area contributed by atoms with E-state index in [1.54, 1.807) is 0 Å². The number of hydrogen-bond donors (Lipinski definition) is 15. The Morgan fingerprint density at radius 2 is 0.200 bits per heavy atom. The predicted molar refractivity (Wildman–Crippen MR) is 61.1 cm³/mol. The standard InChI is InChI=1S/7Mo.H3N.18H2O.14O/h;;;;;;;1H3;18*1H2;;;;;;;;;;;;;;/q7*+2;;;;;;;;;;;;;;;;;;;;;;;;;;;;;;;;;/p-13. The summed E-state index contributed by atoms with van der Waals surface area (Å²) in [6.45, 7) is 0. The van der Waals surface area contributed by atoms with Crippen molar-refractivity contribution in [2.75, 3.05) is 0 Å². The van der Waals surface area contributed by atoms with Crippen molar-refractivity contribution in [2.24, 2.45) is 0 Å². The minimum absolute atomic E-state index is 0. The van der Waals surface area contributed by atoms with Crippen LogP contribution in [-0.2, 0) is 165 Å². The van der Waals surface area contributed by atoms with E-state index in [0.717, 1.165) is 0 Å². The molecule has 0 aliphatic rings. The van der Waals surface area contributed by atoms with Crippen molar-refractivity contribution < 1.29 is 239 Å². The Balaban J connectivity index is -0.0000000224. The molecule has 33 nitrogen and oxygen atoms in total. The molecule has 40 heavy (non-hydrogen) atoms. The van der Waals surface area contributed by atoms with Gasteiger partial charge in [-0.15, -0.1) is 0 Å². The second-order valence-corrected chi connectivity index (χ2v) is 18.5. The SMILES string of the molecule is O.O.O.O.[NH4+].[O]=[Mo](=[O])([OH])[OH].[O]=[Mo](=[O])([OH])[OH].[O]=[Mo](=[O])([OH])[OH].[O]=[Mo](=[O])([OH])[OH].[O]=[Mo](=[O])([OH])[OH].[O]=[Mo](=[O])([OH])[OH].[O]=[Mo](=[O])([OH])[OH]. The molecule has 0 amide bonds. The minimum atomic E-state index is -5.52. The summed E-state index contributed by atoms with van der Waals surface area (Å²) in [6, 6.07) is 0. The molecule has 0 saturated heterocycles. The first-order valence-electron chi connectivity index (χ1n) is 4.89. The zero-order valence-corrected chi connectivity index (χ0v) is 31.9. The van der Waals surface area contributed by atoms with Crippen molar-refractivity contribution >= 4 is 0 Å². The van der Waals surface area contributed by atoms with Gasteiger partial charge in [0, 0.05) is 0 Å². The van der Waals surface area contributed by atoms with E-state index in [-0.39, 0.29) is 28.1 Å². The van der Waals surface area contributed by atoms with Gasteiger partial charge in [0.15, 0.2) is 0 Å². The fourth-order valence-electron chi connectivity index (χ4n) is 0. The van der Waals surface area contributed by atoms with Crippen LogP contribution in [-0.4, -0.2) is 74.5 Å². The van der Waals surface area contributed by atoms with Gasteiger partial charge >= 0.3 is 217 Å². The van der Waals surface area contributed by atoms with E-state index in [4.69, 9.17) is 100 Å². The summed E-state index contributed by atoms with van der Waals surface area (Å²) < 4.78 is 224. The molecule has 0 fully saturated rings. The second kappa shape index (κ2) is 33.2. The molecule has 0 rings (SSSR count). The molecule has 0 unspecified atom stereocenters. The Morgan fingerprint density at radius 1 is 0.200 bits per heavy atom. The van der Waals surface area contributed by atoms with E-state index in [9.17, 15) is 0 Å². The van der Waals surface area contributed by atoms with Gasteiger partial charge < -0.3 is 28.1 Å². The van der Waals surface area contributed by atoms with E-state index in [2.05, 4.69) is 0 Å². The van der Waals surface area contributed by atoms with Gasteiger partial charge in [-0.3, -0.25) is 0 Å². The Hall–Kier alpha value is 1.26. The van der Waals surface area contributed by atoms with Gasteiger partial charge in [0.25, 0.3) is 0 Å². The van der Waals surface area contributed by atoms with Crippen LogP contribution in [0.25, 0.3) is 0 Å². The third kappa shape index (κ3) is 36300. The first-order valence-corrected chi connectivity index (χ1v) is 28.9. The molecule has 0 heterocycles. The van der Waals surface area contributed by atoms with E-state index < -0.39 is 117 Å². The molecule has 0 aromatic heterocycles. The zero-order chi connectivity index (χ0) is 31.5. The maximum absolute atomic E-state index is 8.85. The second-order valence-electron chi connectivity index (χ2n) is 3.13. The average molecular weight is 1220 g/mol. The summed E-state index contributed by atoms with van der Waals surface area (Å²) in [5, 5.41) is 0. The van der Waals surface area contributed by atoms with Gasteiger partial charge in [-0.25, -0.2) is 0 Å². The number of quaternary nitrogens is 1. The molecule has 0 aliphatic heterocycles. The number of rotatable bonds is 0.